The molecule has 3 rings (SSSR count). The Labute approximate surface area is 130 Å². The van der Waals surface area contributed by atoms with Crippen LogP contribution in [0.2, 0.25) is 0 Å². The van der Waals surface area contributed by atoms with Gasteiger partial charge in [-0.25, -0.2) is 14.5 Å². The van der Waals surface area contributed by atoms with Gasteiger partial charge in [-0.1, -0.05) is 0 Å². The lowest BCUT2D eigenvalue weighted by atomic mass is 9.96. The fourth-order valence-electron chi connectivity index (χ4n) is 2.83. The van der Waals surface area contributed by atoms with Gasteiger partial charge in [-0.05, 0) is 13.8 Å². The molecule has 2 aliphatic heterocycles. The Morgan fingerprint density at radius 3 is 2.82 bits per heavy atom. The van der Waals surface area contributed by atoms with Crippen LogP contribution < -0.4 is 5.32 Å². The Morgan fingerprint density at radius 1 is 1.50 bits per heavy atom. The van der Waals surface area contributed by atoms with E-state index in [1.54, 1.807) is 13.8 Å². The standard InChI is InChI=1S/C12H15N5O4S/c1-12(2)8(11(20)21)17-9(19)7(10(17)22-12)15-6(18)3-16-5-13-4-14-16/h4-5,7-8,10H,3H2,1-2H3,(H,15,18)(H,20,21)/t7-,8+,10-/m1/s1. The number of hydrogen-bond donors (Lipinski definition) is 2. The third-order valence-electron chi connectivity index (χ3n) is 3.76. The van der Waals surface area contributed by atoms with E-state index in [0.29, 0.717) is 0 Å². The van der Waals surface area contributed by atoms with Gasteiger partial charge in [-0.2, -0.15) is 5.10 Å². The minimum Gasteiger partial charge on any atom is -0.480 e. The van der Waals surface area contributed by atoms with Gasteiger partial charge < -0.3 is 15.3 Å². The molecule has 10 heteroatoms. The highest BCUT2D eigenvalue weighted by Crippen LogP contribution is 2.50. The average molecular weight is 325 g/mol. The molecule has 0 radical (unpaired) electrons. The minimum absolute atomic E-state index is 0.0348. The van der Waals surface area contributed by atoms with Crippen molar-refractivity contribution in [2.24, 2.45) is 0 Å². The third kappa shape index (κ3) is 2.23. The maximum Gasteiger partial charge on any atom is 0.327 e. The van der Waals surface area contributed by atoms with Crippen molar-refractivity contribution < 1.29 is 19.5 Å². The average Bonchev–Trinajstić information content (AvgIpc) is 3.00. The number of aliphatic carboxylic acids is 1. The summed E-state index contributed by atoms with van der Waals surface area (Å²) in [7, 11) is 0. The van der Waals surface area contributed by atoms with Crippen LogP contribution in [0.3, 0.4) is 0 Å². The molecule has 2 fully saturated rings. The van der Waals surface area contributed by atoms with Crippen molar-refractivity contribution in [2.75, 3.05) is 0 Å². The van der Waals surface area contributed by atoms with Crippen LogP contribution in [0.15, 0.2) is 12.7 Å². The zero-order valence-corrected chi connectivity index (χ0v) is 12.8. The number of nitrogens with one attached hydrogen (secondary N) is 1. The maximum atomic E-state index is 12.2. The Bertz CT molecular complexity index is 631. The third-order valence-corrected chi connectivity index (χ3v) is 5.34. The Kier molecular flexibility index (Phi) is 3.35. The van der Waals surface area contributed by atoms with Crippen LogP contribution in [-0.2, 0) is 20.9 Å². The number of thioether (sulfide) groups is 1. The number of rotatable bonds is 4. The van der Waals surface area contributed by atoms with Crippen molar-refractivity contribution in [1.82, 2.24) is 25.0 Å². The van der Waals surface area contributed by atoms with Gasteiger partial charge in [0, 0.05) is 4.75 Å². The quantitative estimate of drug-likeness (QED) is 0.675. The Balaban J connectivity index is 1.67. The van der Waals surface area contributed by atoms with Crippen molar-refractivity contribution in [3.05, 3.63) is 12.7 Å². The van der Waals surface area contributed by atoms with Crippen LogP contribution >= 0.6 is 11.8 Å². The molecule has 22 heavy (non-hydrogen) atoms. The van der Waals surface area contributed by atoms with Gasteiger partial charge in [0.2, 0.25) is 11.8 Å². The second-order valence-electron chi connectivity index (χ2n) is 5.74. The molecular formula is C12H15N5O4S. The van der Waals surface area contributed by atoms with E-state index < -0.39 is 22.8 Å². The van der Waals surface area contributed by atoms with Crippen molar-refractivity contribution in [3.8, 4) is 0 Å². The van der Waals surface area contributed by atoms with Gasteiger partial charge >= 0.3 is 5.97 Å². The molecule has 1 aromatic rings. The van der Waals surface area contributed by atoms with E-state index in [1.165, 1.54) is 34.0 Å². The first kappa shape index (κ1) is 14.8. The summed E-state index contributed by atoms with van der Waals surface area (Å²) in [4.78, 5) is 40.6. The molecule has 2 aliphatic rings. The van der Waals surface area contributed by atoms with E-state index in [-0.39, 0.29) is 23.7 Å². The normalized spacial score (nSPS) is 28.9. The van der Waals surface area contributed by atoms with Crippen LogP contribution in [0.25, 0.3) is 0 Å². The molecule has 2 saturated heterocycles. The Hall–Kier alpha value is -2.10. The van der Waals surface area contributed by atoms with Gasteiger partial charge in [0.25, 0.3) is 0 Å². The van der Waals surface area contributed by atoms with Crippen LogP contribution in [0, 0.1) is 0 Å². The molecule has 2 amide bonds. The number of carboxylic acid groups (broad SMARTS) is 1. The van der Waals surface area contributed by atoms with Gasteiger partial charge in [-0.15, -0.1) is 11.8 Å². The maximum absolute atomic E-state index is 12.2. The summed E-state index contributed by atoms with van der Waals surface area (Å²) < 4.78 is 0.750. The largest absolute Gasteiger partial charge is 0.480 e. The lowest BCUT2D eigenvalue weighted by Crippen LogP contribution is -2.70. The molecule has 0 unspecified atom stereocenters. The van der Waals surface area contributed by atoms with E-state index in [2.05, 4.69) is 15.4 Å². The van der Waals surface area contributed by atoms with Crippen LogP contribution in [0.4, 0.5) is 0 Å². The molecule has 3 atom stereocenters. The number of nitrogens with zero attached hydrogens (tertiary/aromatic N) is 4. The number of fused-ring (bicyclic) bond motifs is 1. The molecule has 0 spiro atoms. The van der Waals surface area contributed by atoms with Crippen molar-refractivity contribution in [2.45, 2.75) is 42.6 Å². The highest BCUT2D eigenvalue weighted by Gasteiger charge is 2.64. The van der Waals surface area contributed by atoms with Crippen molar-refractivity contribution >= 4 is 29.5 Å². The highest BCUT2D eigenvalue weighted by atomic mass is 32.2. The molecule has 0 aromatic carbocycles. The molecule has 0 bridgehead atoms. The second-order valence-corrected chi connectivity index (χ2v) is 7.51. The number of carboxylic acids is 1. The van der Waals surface area contributed by atoms with Gasteiger partial charge in [-0.3, -0.25) is 9.59 Å². The highest BCUT2D eigenvalue weighted by molar-refractivity contribution is 8.01. The lowest BCUT2D eigenvalue weighted by molar-refractivity contribution is -0.161. The van der Waals surface area contributed by atoms with E-state index in [1.807, 2.05) is 0 Å². The van der Waals surface area contributed by atoms with Crippen molar-refractivity contribution in [1.29, 1.82) is 0 Å². The van der Waals surface area contributed by atoms with E-state index in [9.17, 15) is 19.5 Å². The molecule has 1 aromatic heterocycles. The summed E-state index contributed by atoms with van der Waals surface area (Å²) in [5.41, 5.74) is 0. The fraction of sp³-hybridized carbons (Fsp3) is 0.583. The zero-order chi connectivity index (χ0) is 16.1. The molecule has 0 saturated carbocycles. The predicted octanol–water partition coefficient (Wildman–Crippen LogP) is -1.09. The molecular weight excluding hydrogens is 310 g/mol. The van der Waals surface area contributed by atoms with Gasteiger partial charge in [0.1, 0.15) is 36.7 Å². The number of carbonyl (C=O) groups is 3. The summed E-state index contributed by atoms with van der Waals surface area (Å²) in [6.45, 7) is 3.54. The SMILES string of the molecule is CC1(C)S[C@@H]2[C@H](NC(=O)Cn3cncn3)C(=O)N2[C@H]1C(=O)O. The molecule has 0 aliphatic carbocycles. The number of hydrogen-bond acceptors (Lipinski definition) is 6. The smallest absolute Gasteiger partial charge is 0.327 e. The van der Waals surface area contributed by atoms with Crippen LogP contribution in [0.1, 0.15) is 13.8 Å². The summed E-state index contributed by atoms with van der Waals surface area (Å²) in [6, 6.07) is -1.57. The summed E-state index contributed by atoms with van der Waals surface area (Å²) >= 11 is 1.39. The molecule has 3 heterocycles. The first-order valence-electron chi connectivity index (χ1n) is 6.66. The minimum atomic E-state index is -1.03. The monoisotopic (exact) mass is 325 g/mol. The number of β-lactam (4-membered cyclic amide) rings is 1. The van der Waals surface area contributed by atoms with Crippen LogP contribution in [-0.4, -0.2) is 64.8 Å². The summed E-state index contributed by atoms with van der Waals surface area (Å²) in [5, 5.41) is 15.4. The second kappa shape index (κ2) is 4.97. The number of carbonyl (C=O) groups excluding carboxylic acids is 2. The lowest BCUT2D eigenvalue weighted by Gasteiger charge is -2.43. The first-order valence-corrected chi connectivity index (χ1v) is 7.54. The van der Waals surface area contributed by atoms with E-state index >= 15 is 0 Å². The number of aromatic nitrogens is 3. The first-order chi connectivity index (χ1) is 10.3. The number of amides is 2. The zero-order valence-electron chi connectivity index (χ0n) is 12.0. The summed E-state index contributed by atoms with van der Waals surface area (Å²) in [5.74, 6) is -1.75. The molecule has 118 valence electrons. The molecule has 2 N–H and O–H groups in total. The van der Waals surface area contributed by atoms with E-state index in [4.69, 9.17) is 0 Å². The summed E-state index contributed by atoms with van der Waals surface area (Å²) in [6.07, 6.45) is 2.72. The van der Waals surface area contributed by atoms with Crippen molar-refractivity contribution in [3.63, 3.8) is 0 Å². The topological polar surface area (TPSA) is 117 Å². The van der Waals surface area contributed by atoms with Crippen LogP contribution in [0.5, 0.6) is 0 Å². The predicted molar refractivity (Wildman–Crippen MR) is 75.7 cm³/mol. The van der Waals surface area contributed by atoms with Gasteiger partial charge in [0.05, 0.1) is 0 Å². The Morgan fingerprint density at radius 2 is 2.23 bits per heavy atom. The molecule has 9 nitrogen and oxygen atoms in total. The van der Waals surface area contributed by atoms with E-state index in [0.717, 1.165) is 0 Å². The van der Waals surface area contributed by atoms with Gasteiger partial charge in [0.15, 0.2) is 0 Å². The fourth-order valence-corrected chi connectivity index (χ4v) is 4.45.